The highest BCUT2D eigenvalue weighted by Crippen LogP contribution is 2.35. The summed E-state index contributed by atoms with van der Waals surface area (Å²) in [5, 5.41) is 15.4. The molecule has 0 rings (SSSR count). The molecule has 0 aromatic rings. The minimum Gasteiger partial charge on any atom is -0.397 e. The first-order valence-corrected chi connectivity index (χ1v) is 4.68. The summed E-state index contributed by atoms with van der Waals surface area (Å²) in [6, 6.07) is 1.67. The lowest BCUT2D eigenvalue weighted by Crippen LogP contribution is -1.89. The normalized spacial score (nSPS) is 9.58. The van der Waals surface area contributed by atoms with E-state index in [0.29, 0.717) is 0 Å². The van der Waals surface area contributed by atoms with Crippen molar-refractivity contribution in [3.05, 3.63) is 0 Å². The number of hydrogen-bond acceptors (Lipinski definition) is 4. The molecule has 0 spiro atoms. The first-order valence-electron chi connectivity index (χ1n) is 3.15. The van der Waals surface area contributed by atoms with E-state index in [0.717, 1.165) is 0 Å². The van der Waals surface area contributed by atoms with Gasteiger partial charge in [0.05, 0.1) is 19.1 Å². The molecular formula is C5H12NO5P. The van der Waals surface area contributed by atoms with Gasteiger partial charge in [0.15, 0.2) is 0 Å². The molecule has 0 bridgehead atoms. The van der Waals surface area contributed by atoms with Crippen molar-refractivity contribution in [2.24, 2.45) is 0 Å². The van der Waals surface area contributed by atoms with Gasteiger partial charge in [-0.3, -0.25) is 4.52 Å². The second-order valence-electron chi connectivity index (χ2n) is 1.55. The molecule has 0 radical (unpaired) electrons. The van der Waals surface area contributed by atoms with Crippen LogP contribution in [0.25, 0.3) is 0 Å². The van der Waals surface area contributed by atoms with Gasteiger partial charge in [-0.05, 0) is 6.92 Å². The lowest BCUT2D eigenvalue weighted by molar-refractivity contribution is 0.201. The quantitative estimate of drug-likeness (QED) is 0.434. The van der Waals surface area contributed by atoms with Crippen molar-refractivity contribution in [2.75, 3.05) is 13.2 Å². The molecule has 0 aromatic heterocycles. The van der Waals surface area contributed by atoms with Gasteiger partial charge < -0.3 is 14.9 Å². The maximum absolute atomic E-state index is 9.87. The molecule has 0 fully saturated rings. The van der Waals surface area contributed by atoms with E-state index < -0.39 is 7.82 Å². The Labute approximate surface area is 70.6 Å². The van der Waals surface area contributed by atoms with Crippen molar-refractivity contribution < 1.29 is 24.0 Å². The van der Waals surface area contributed by atoms with Crippen LogP contribution in [0.5, 0.6) is 0 Å². The molecule has 0 aliphatic heterocycles. The molecule has 72 valence electrons. The van der Waals surface area contributed by atoms with E-state index in [1.807, 2.05) is 0 Å². The summed E-state index contributed by atoms with van der Waals surface area (Å²) < 4.78 is 13.8. The molecule has 12 heavy (non-hydrogen) atoms. The minimum absolute atomic E-state index is 0.00882. The average molecular weight is 197 g/mol. The van der Waals surface area contributed by atoms with E-state index in [1.165, 1.54) is 0 Å². The molecule has 3 N–H and O–H groups in total. The van der Waals surface area contributed by atoms with Crippen LogP contribution in [0.2, 0.25) is 0 Å². The highest BCUT2D eigenvalue weighted by atomic mass is 31.2. The summed E-state index contributed by atoms with van der Waals surface area (Å²) in [4.78, 5) is 16.0. The average Bonchev–Trinajstić information content (AvgIpc) is 1.87. The van der Waals surface area contributed by atoms with Crippen molar-refractivity contribution in [2.45, 2.75) is 13.3 Å². The van der Waals surface area contributed by atoms with Crippen LogP contribution >= 0.6 is 7.82 Å². The fourth-order valence-corrected chi connectivity index (χ4v) is 0.539. The molecule has 0 aromatic carbocycles. The summed E-state index contributed by atoms with van der Waals surface area (Å²) in [6.07, 6.45) is -0.00882. The number of aliphatic hydroxyl groups is 1. The summed E-state index contributed by atoms with van der Waals surface area (Å²) >= 11 is 0. The van der Waals surface area contributed by atoms with Crippen molar-refractivity contribution in [1.29, 1.82) is 5.26 Å². The maximum Gasteiger partial charge on any atom is 0.469 e. The topological polar surface area (TPSA) is 111 Å². The smallest absolute Gasteiger partial charge is 0.397 e. The van der Waals surface area contributed by atoms with Gasteiger partial charge in [0.2, 0.25) is 0 Å². The van der Waals surface area contributed by atoms with Gasteiger partial charge in [-0.25, -0.2) is 4.57 Å². The Kier molecular flexibility index (Phi) is 10.2. The summed E-state index contributed by atoms with van der Waals surface area (Å²) in [7, 11) is -4.35. The van der Waals surface area contributed by atoms with Crippen LogP contribution in [0.3, 0.4) is 0 Å². The lowest BCUT2D eigenvalue weighted by atomic mass is 10.5. The second kappa shape index (κ2) is 8.65. The molecule has 0 aliphatic rings. The van der Waals surface area contributed by atoms with Gasteiger partial charge >= 0.3 is 7.82 Å². The Bertz CT molecular complexity index is 171. The van der Waals surface area contributed by atoms with Crippen LogP contribution in [0, 0.1) is 11.3 Å². The SMILES string of the molecule is CCO.N#CCCOP(=O)(O)O. The number of rotatable bonds is 3. The van der Waals surface area contributed by atoms with Gasteiger partial charge in [-0.15, -0.1) is 0 Å². The van der Waals surface area contributed by atoms with Crippen molar-refractivity contribution in [1.82, 2.24) is 0 Å². The van der Waals surface area contributed by atoms with E-state index in [2.05, 4.69) is 4.52 Å². The van der Waals surface area contributed by atoms with E-state index in [-0.39, 0.29) is 19.6 Å². The number of nitriles is 1. The van der Waals surface area contributed by atoms with Gasteiger partial charge in [0.1, 0.15) is 0 Å². The predicted octanol–water partition coefficient (Wildman–Crippen LogP) is 0.00798. The molecule has 0 atom stereocenters. The Morgan fingerprint density at radius 2 is 2.00 bits per heavy atom. The molecule has 0 unspecified atom stereocenters. The summed E-state index contributed by atoms with van der Waals surface area (Å²) in [5.74, 6) is 0. The highest BCUT2D eigenvalue weighted by Gasteiger charge is 2.11. The minimum atomic E-state index is -4.35. The predicted molar refractivity (Wildman–Crippen MR) is 41.0 cm³/mol. The van der Waals surface area contributed by atoms with Crippen LogP contribution in [-0.2, 0) is 9.09 Å². The zero-order valence-electron chi connectivity index (χ0n) is 6.67. The Morgan fingerprint density at radius 1 is 1.58 bits per heavy atom. The first kappa shape index (κ1) is 14.1. The molecule has 6 nitrogen and oxygen atoms in total. The fraction of sp³-hybridized carbons (Fsp3) is 0.800. The lowest BCUT2D eigenvalue weighted by Gasteiger charge is -1.99. The Morgan fingerprint density at radius 3 is 2.25 bits per heavy atom. The third-order valence-electron chi connectivity index (χ3n) is 0.473. The van der Waals surface area contributed by atoms with E-state index in [9.17, 15) is 4.57 Å². The van der Waals surface area contributed by atoms with Crippen LogP contribution < -0.4 is 0 Å². The van der Waals surface area contributed by atoms with E-state index >= 15 is 0 Å². The molecular weight excluding hydrogens is 185 g/mol. The number of nitrogens with zero attached hydrogens (tertiary/aromatic N) is 1. The molecule has 0 amide bonds. The standard InChI is InChI=1S/C3H6NO4P.C2H6O/c4-2-1-3-8-9(5,6)7;1-2-3/h1,3H2,(H2,5,6,7);3H,2H2,1H3. The van der Waals surface area contributed by atoms with Gasteiger partial charge in [-0.2, -0.15) is 5.26 Å². The zero-order valence-corrected chi connectivity index (χ0v) is 7.57. The second-order valence-corrected chi connectivity index (χ2v) is 2.79. The number of hydrogen-bond donors (Lipinski definition) is 3. The van der Waals surface area contributed by atoms with Crippen LogP contribution in [0.15, 0.2) is 0 Å². The zero-order chi connectivity index (χ0) is 10.0. The summed E-state index contributed by atoms with van der Waals surface area (Å²) in [6.45, 7) is 1.71. The largest absolute Gasteiger partial charge is 0.469 e. The van der Waals surface area contributed by atoms with Crippen molar-refractivity contribution in [3.8, 4) is 6.07 Å². The van der Waals surface area contributed by atoms with Gasteiger partial charge in [-0.1, -0.05) is 0 Å². The molecule has 0 saturated heterocycles. The third kappa shape index (κ3) is 22.7. The van der Waals surface area contributed by atoms with Crippen LogP contribution in [0.4, 0.5) is 0 Å². The Hall–Kier alpha value is -0.440. The first-order chi connectivity index (χ1) is 5.47. The Balaban J connectivity index is 0. The van der Waals surface area contributed by atoms with Crippen molar-refractivity contribution >= 4 is 7.82 Å². The van der Waals surface area contributed by atoms with Crippen LogP contribution in [-0.4, -0.2) is 28.1 Å². The van der Waals surface area contributed by atoms with Gasteiger partial charge in [0, 0.05) is 6.61 Å². The van der Waals surface area contributed by atoms with E-state index in [4.69, 9.17) is 20.2 Å². The number of phosphoric ester groups is 1. The number of phosphoric acid groups is 1. The number of aliphatic hydroxyl groups excluding tert-OH is 1. The van der Waals surface area contributed by atoms with E-state index in [1.54, 1.807) is 13.0 Å². The molecule has 7 heteroatoms. The third-order valence-corrected chi connectivity index (χ3v) is 0.992. The molecule has 0 heterocycles. The summed E-state index contributed by atoms with van der Waals surface area (Å²) in [5.41, 5.74) is 0. The van der Waals surface area contributed by atoms with Crippen molar-refractivity contribution in [3.63, 3.8) is 0 Å². The highest BCUT2D eigenvalue weighted by molar-refractivity contribution is 7.46. The molecule has 0 saturated carbocycles. The van der Waals surface area contributed by atoms with Gasteiger partial charge in [0.25, 0.3) is 0 Å². The van der Waals surface area contributed by atoms with Crippen LogP contribution in [0.1, 0.15) is 13.3 Å². The fourth-order valence-electron chi connectivity index (χ4n) is 0.210. The molecule has 0 aliphatic carbocycles. The monoisotopic (exact) mass is 197 g/mol. The maximum atomic E-state index is 9.87.